The first kappa shape index (κ1) is 16.8. The molecule has 2 rings (SSSR count). The number of aliphatic imine (C=N–C) groups is 1. The van der Waals surface area contributed by atoms with Crippen LogP contribution in [0, 0.1) is 5.92 Å². The fourth-order valence-electron chi connectivity index (χ4n) is 2.93. The van der Waals surface area contributed by atoms with Crippen LogP contribution in [0.5, 0.6) is 0 Å². The molecule has 1 fully saturated rings. The van der Waals surface area contributed by atoms with Gasteiger partial charge in [0.25, 0.3) is 0 Å². The molecule has 0 radical (unpaired) electrons. The van der Waals surface area contributed by atoms with Gasteiger partial charge in [-0.25, -0.2) is 0 Å². The summed E-state index contributed by atoms with van der Waals surface area (Å²) in [6, 6.07) is 10.6. The topological polar surface area (TPSA) is 36.9 Å². The number of likely N-dealkylation sites (tertiary alicyclic amines) is 1. The molecule has 2 atom stereocenters. The third kappa shape index (κ3) is 4.73. The maximum absolute atomic E-state index is 5.28. The van der Waals surface area contributed by atoms with Crippen LogP contribution < -0.4 is 5.32 Å². The Kier molecular flexibility index (Phi) is 6.72. The quantitative estimate of drug-likeness (QED) is 0.648. The van der Waals surface area contributed by atoms with Crippen LogP contribution >= 0.6 is 0 Å². The van der Waals surface area contributed by atoms with Crippen molar-refractivity contribution in [2.45, 2.75) is 26.2 Å². The standard InChI is InChI=1S/C18H29N3O/c1-4-19-18(21-11-10-16(13-21)14-22-3)20-12-15(2)17-8-6-5-7-9-17/h5-9,15-16H,4,10-14H2,1-3H3,(H,19,20). The highest BCUT2D eigenvalue weighted by atomic mass is 16.5. The maximum atomic E-state index is 5.28. The van der Waals surface area contributed by atoms with Crippen molar-refractivity contribution in [1.29, 1.82) is 0 Å². The van der Waals surface area contributed by atoms with Gasteiger partial charge in [-0.05, 0) is 18.9 Å². The van der Waals surface area contributed by atoms with Crippen molar-refractivity contribution in [2.24, 2.45) is 10.9 Å². The van der Waals surface area contributed by atoms with Crippen molar-refractivity contribution in [2.75, 3.05) is 39.9 Å². The normalized spacial score (nSPS) is 20.2. The van der Waals surface area contributed by atoms with Gasteiger partial charge in [0.1, 0.15) is 0 Å². The van der Waals surface area contributed by atoms with E-state index in [2.05, 4.69) is 54.4 Å². The fourth-order valence-corrected chi connectivity index (χ4v) is 2.93. The zero-order chi connectivity index (χ0) is 15.8. The van der Waals surface area contributed by atoms with Crippen molar-refractivity contribution in [1.82, 2.24) is 10.2 Å². The van der Waals surface area contributed by atoms with Crippen LogP contribution in [0.3, 0.4) is 0 Å². The highest BCUT2D eigenvalue weighted by molar-refractivity contribution is 5.80. The van der Waals surface area contributed by atoms with Gasteiger partial charge in [-0.2, -0.15) is 0 Å². The zero-order valence-corrected chi connectivity index (χ0v) is 14.1. The predicted octanol–water partition coefficient (Wildman–Crippen LogP) is 2.72. The van der Waals surface area contributed by atoms with E-state index in [4.69, 9.17) is 9.73 Å². The van der Waals surface area contributed by atoms with Gasteiger partial charge < -0.3 is 15.0 Å². The van der Waals surface area contributed by atoms with Crippen molar-refractivity contribution in [3.05, 3.63) is 35.9 Å². The number of rotatable bonds is 6. The Hall–Kier alpha value is -1.55. The van der Waals surface area contributed by atoms with E-state index in [1.165, 1.54) is 12.0 Å². The number of hydrogen-bond donors (Lipinski definition) is 1. The number of nitrogens with one attached hydrogen (secondary N) is 1. The minimum atomic E-state index is 0.437. The third-order valence-corrected chi connectivity index (χ3v) is 4.21. The van der Waals surface area contributed by atoms with Crippen LogP contribution in [0.25, 0.3) is 0 Å². The molecule has 0 aromatic heterocycles. The molecule has 2 unspecified atom stereocenters. The second-order valence-electron chi connectivity index (χ2n) is 6.06. The van der Waals surface area contributed by atoms with Gasteiger partial charge in [-0.1, -0.05) is 37.3 Å². The van der Waals surface area contributed by atoms with Crippen LogP contribution in [0.1, 0.15) is 31.7 Å². The summed E-state index contributed by atoms with van der Waals surface area (Å²) in [6.45, 7) is 9.04. The number of ether oxygens (including phenoxy) is 1. The fraction of sp³-hybridized carbons (Fsp3) is 0.611. The third-order valence-electron chi connectivity index (χ3n) is 4.21. The Morgan fingerprint density at radius 2 is 2.18 bits per heavy atom. The summed E-state index contributed by atoms with van der Waals surface area (Å²) in [5.41, 5.74) is 1.35. The van der Waals surface area contributed by atoms with Crippen molar-refractivity contribution >= 4 is 5.96 Å². The largest absolute Gasteiger partial charge is 0.384 e. The lowest BCUT2D eigenvalue weighted by molar-refractivity contribution is 0.157. The summed E-state index contributed by atoms with van der Waals surface area (Å²) in [5, 5.41) is 3.43. The molecule has 0 amide bonds. The predicted molar refractivity (Wildman–Crippen MR) is 92.4 cm³/mol. The van der Waals surface area contributed by atoms with Gasteiger partial charge in [0.15, 0.2) is 5.96 Å². The van der Waals surface area contributed by atoms with E-state index in [-0.39, 0.29) is 0 Å². The van der Waals surface area contributed by atoms with E-state index in [0.29, 0.717) is 11.8 Å². The van der Waals surface area contributed by atoms with Crippen molar-refractivity contribution < 1.29 is 4.74 Å². The van der Waals surface area contributed by atoms with E-state index in [0.717, 1.165) is 38.7 Å². The number of guanidine groups is 1. The van der Waals surface area contributed by atoms with Gasteiger partial charge in [0.05, 0.1) is 6.61 Å². The molecule has 4 heteroatoms. The molecule has 0 aliphatic carbocycles. The molecular weight excluding hydrogens is 274 g/mol. The van der Waals surface area contributed by atoms with E-state index in [1.807, 2.05) is 0 Å². The molecule has 1 saturated heterocycles. The molecule has 4 nitrogen and oxygen atoms in total. The van der Waals surface area contributed by atoms with E-state index < -0.39 is 0 Å². The van der Waals surface area contributed by atoms with Crippen LogP contribution in [0.4, 0.5) is 0 Å². The van der Waals surface area contributed by atoms with Gasteiger partial charge in [-0.15, -0.1) is 0 Å². The molecule has 22 heavy (non-hydrogen) atoms. The van der Waals surface area contributed by atoms with Gasteiger partial charge >= 0.3 is 0 Å². The Morgan fingerprint density at radius 1 is 1.41 bits per heavy atom. The van der Waals surface area contributed by atoms with Crippen LogP contribution in [0.15, 0.2) is 35.3 Å². The van der Waals surface area contributed by atoms with Crippen molar-refractivity contribution in [3.8, 4) is 0 Å². The Balaban J connectivity index is 1.95. The second kappa shape index (κ2) is 8.79. The molecule has 1 aromatic rings. The lowest BCUT2D eigenvalue weighted by Crippen LogP contribution is -2.40. The molecule has 1 aliphatic heterocycles. The number of methoxy groups -OCH3 is 1. The molecule has 1 aliphatic rings. The molecule has 1 aromatic carbocycles. The Morgan fingerprint density at radius 3 is 2.86 bits per heavy atom. The van der Waals surface area contributed by atoms with Crippen LogP contribution in [0.2, 0.25) is 0 Å². The molecule has 1 heterocycles. The molecule has 0 saturated carbocycles. The summed E-state index contributed by atoms with van der Waals surface area (Å²) in [4.78, 5) is 7.22. The average molecular weight is 303 g/mol. The lowest BCUT2D eigenvalue weighted by Gasteiger charge is -2.22. The summed E-state index contributed by atoms with van der Waals surface area (Å²) in [5.74, 6) is 2.11. The maximum Gasteiger partial charge on any atom is 0.193 e. The number of hydrogen-bond acceptors (Lipinski definition) is 2. The average Bonchev–Trinajstić information content (AvgIpc) is 3.01. The first-order valence-electron chi connectivity index (χ1n) is 8.31. The first-order valence-corrected chi connectivity index (χ1v) is 8.31. The van der Waals surface area contributed by atoms with E-state index in [1.54, 1.807) is 7.11 Å². The van der Waals surface area contributed by atoms with E-state index in [9.17, 15) is 0 Å². The van der Waals surface area contributed by atoms with Crippen LogP contribution in [-0.4, -0.2) is 50.8 Å². The summed E-state index contributed by atoms with van der Waals surface area (Å²) >= 11 is 0. The van der Waals surface area contributed by atoms with Gasteiger partial charge in [0.2, 0.25) is 0 Å². The van der Waals surface area contributed by atoms with E-state index >= 15 is 0 Å². The SMILES string of the molecule is CCNC(=NCC(C)c1ccccc1)N1CCC(COC)C1. The number of benzene rings is 1. The first-order chi connectivity index (χ1) is 10.7. The molecular formula is C18H29N3O. The van der Waals surface area contributed by atoms with Gasteiger partial charge in [0, 0.05) is 45.1 Å². The smallest absolute Gasteiger partial charge is 0.193 e. The van der Waals surface area contributed by atoms with Crippen LogP contribution in [-0.2, 0) is 4.74 Å². The minimum Gasteiger partial charge on any atom is -0.384 e. The molecule has 1 N–H and O–H groups in total. The highest BCUT2D eigenvalue weighted by Gasteiger charge is 2.24. The summed E-state index contributed by atoms with van der Waals surface area (Å²) in [6.07, 6.45) is 1.19. The molecule has 0 bridgehead atoms. The Labute approximate surface area is 134 Å². The molecule has 122 valence electrons. The highest BCUT2D eigenvalue weighted by Crippen LogP contribution is 2.18. The summed E-state index contributed by atoms with van der Waals surface area (Å²) < 4.78 is 5.28. The zero-order valence-electron chi connectivity index (χ0n) is 14.1. The summed E-state index contributed by atoms with van der Waals surface area (Å²) in [7, 11) is 1.78. The minimum absolute atomic E-state index is 0.437. The Bertz CT molecular complexity index is 461. The van der Waals surface area contributed by atoms with Crippen molar-refractivity contribution in [3.63, 3.8) is 0 Å². The monoisotopic (exact) mass is 303 g/mol. The lowest BCUT2D eigenvalue weighted by atomic mass is 10.0. The van der Waals surface area contributed by atoms with Gasteiger partial charge in [-0.3, -0.25) is 4.99 Å². The second-order valence-corrected chi connectivity index (χ2v) is 6.06. The number of nitrogens with zero attached hydrogens (tertiary/aromatic N) is 2. The molecule has 0 spiro atoms.